The van der Waals surface area contributed by atoms with Crippen molar-refractivity contribution >= 4 is 15.9 Å². The molecule has 0 amide bonds. The predicted molar refractivity (Wildman–Crippen MR) is 63.5 cm³/mol. The van der Waals surface area contributed by atoms with Gasteiger partial charge in [-0.3, -0.25) is 0 Å². The van der Waals surface area contributed by atoms with Crippen molar-refractivity contribution in [3.8, 4) is 0 Å². The molecular formula is C12H15BrFN. The Hall–Kier alpha value is -0.410. The summed E-state index contributed by atoms with van der Waals surface area (Å²) in [5, 5.41) is 0. The molecule has 3 heteroatoms. The van der Waals surface area contributed by atoms with Gasteiger partial charge in [0.2, 0.25) is 0 Å². The molecule has 0 radical (unpaired) electrons. The number of hydrogen-bond donors (Lipinski definition) is 0. The first kappa shape index (κ1) is 11.1. The molecule has 0 atom stereocenters. The van der Waals surface area contributed by atoms with Crippen LogP contribution in [-0.4, -0.2) is 24.5 Å². The summed E-state index contributed by atoms with van der Waals surface area (Å²) in [5.41, 5.74) is 0.816. The number of nitrogens with zero attached hydrogens (tertiary/aromatic N) is 1. The largest absolute Gasteiger partial charge is 0.303 e. The van der Waals surface area contributed by atoms with Crippen LogP contribution in [-0.2, 0) is 6.42 Å². The van der Waals surface area contributed by atoms with E-state index < -0.39 is 0 Å². The molecule has 0 unspecified atom stereocenters. The second kappa shape index (κ2) is 5.08. The second-order valence-electron chi connectivity index (χ2n) is 4.03. The van der Waals surface area contributed by atoms with Crippen molar-refractivity contribution in [1.82, 2.24) is 4.90 Å². The maximum Gasteiger partial charge on any atom is 0.126 e. The van der Waals surface area contributed by atoms with Gasteiger partial charge in [-0.1, -0.05) is 15.9 Å². The Labute approximate surface area is 98.4 Å². The molecule has 2 rings (SSSR count). The molecule has 1 nitrogen and oxygen atoms in total. The molecule has 1 aromatic carbocycles. The number of rotatable bonds is 3. The van der Waals surface area contributed by atoms with E-state index in [1.807, 2.05) is 6.07 Å². The first-order valence-corrected chi connectivity index (χ1v) is 6.21. The van der Waals surface area contributed by atoms with Gasteiger partial charge in [0, 0.05) is 11.0 Å². The lowest BCUT2D eigenvalue weighted by molar-refractivity contribution is 0.341. The summed E-state index contributed by atoms with van der Waals surface area (Å²) in [7, 11) is 0. The highest BCUT2D eigenvalue weighted by Crippen LogP contribution is 2.17. The van der Waals surface area contributed by atoms with E-state index in [4.69, 9.17) is 0 Å². The summed E-state index contributed by atoms with van der Waals surface area (Å²) in [4.78, 5) is 2.40. The Bertz CT molecular complexity index is 334. The number of benzene rings is 1. The van der Waals surface area contributed by atoms with Crippen LogP contribution in [0.15, 0.2) is 22.7 Å². The molecule has 15 heavy (non-hydrogen) atoms. The zero-order chi connectivity index (χ0) is 10.7. The Morgan fingerprint density at radius 2 is 2.00 bits per heavy atom. The fourth-order valence-corrected chi connectivity index (χ4v) is 2.43. The first-order valence-electron chi connectivity index (χ1n) is 5.42. The third-order valence-electron chi connectivity index (χ3n) is 2.90. The molecular weight excluding hydrogens is 257 g/mol. The molecule has 82 valence electrons. The van der Waals surface area contributed by atoms with Gasteiger partial charge in [0.05, 0.1) is 0 Å². The highest BCUT2D eigenvalue weighted by molar-refractivity contribution is 9.10. The number of halogens is 2. The van der Waals surface area contributed by atoms with Gasteiger partial charge in [-0.05, 0) is 56.1 Å². The molecule has 0 aromatic heterocycles. The first-order chi connectivity index (χ1) is 7.25. The van der Waals surface area contributed by atoms with Gasteiger partial charge in [0.25, 0.3) is 0 Å². The van der Waals surface area contributed by atoms with E-state index in [9.17, 15) is 4.39 Å². The fourth-order valence-electron chi connectivity index (χ4n) is 2.02. The zero-order valence-electron chi connectivity index (χ0n) is 8.68. The van der Waals surface area contributed by atoms with E-state index in [1.54, 1.807) is 6.07 Å². The molecule has 1 aliphatic heterocycles. The zero-order valence-corrected chi connectivity index (χ0v) is 10.3. The maximum absolute atomic E-state index is 13.4. The van der Waals surface area contributed by atoms with Crippen LogP contribution in [0.4, 0.5) is 4.39 Å². The molecule has 0 N–H and O–H groups in total. The summed E-state index contributed by atoms with van der Waals surface area (Å²) in [5.74, 6) is -0.0857. The standard InChI is InChI=1S/C12H15BrFN/c13-11-3-4-12(14)10(9-11)5-8-15-6-1-2-7-15/h3-4,9H,1-2,5-8H2. The average Bonchev–Trinajstić information content (AvgIpc) is 2.72. The number of likely N-dealkylation sites (tertiary alicyclic amines) is 1. The smallest absolute Gasteiger partial charge is 0.126 e. The van der Waals surface area contributed by atoms with Crippen LogP contribution in [0.1, 0.15) is 18.4 Å². The summed E-state index contributed by atoms with van der Waals surface area (Å²) < 4.78 is 14.4. The molecule has 1 fully saturated rings. The lowest BCUT2D eigenvalue weighted by Gasteiger charge is -2.14. The summed E-state index contributed by atoms with van der Waals surface area (Å²) in [6, 6.07) is 5.16. The average molecular weight is 272 g/mol. The van der Waals surface area contributed by atoms with Crippen molar-refractivity contribution in [3.63, 3.8) is 0 Å². The van der Waals surface area contributed by atoms with Crippen molar-refractivity contribution in [2.75, 3.05) is 19.6 Å². The van der Waals surface area contributed by atoms with Crippen molar-refractivity contribution in [2.24, 2.45) is 0 Å². The summed E-state index contributed by atoms with van der Waals surface area (Å²) in [6.07, 6.45) is 3.40. The predicted octanol–water partition coefficient (Wildman–Crippen LogP) is 3.23. The lowest BCUT2D eigenvalue weighted by Crippen LogP contribution is -2.22. The minimum atomic E-state index is -0.0857. The molecule has 1 aromatic rings. The molecule has 0 saturated carbocycles. The van der Waals surface area contributed by atoms with Gasteiger partial charge in [0.1, 0.15) is 5.82 Å². The monoisotopic (exact) mass is 271 g/mol. The van der Waals surface area contributed by atoms with Crippen molar-refractivity contribution in [2.45, 2.75) is 19.3 Å². The Morgan fingerprint density at radius 1 is 1.27 bits per heavy atom. The van der Waals surface area contributed by atoms with Crippen LogP contribution in [0.25, 0.3) is 0 Å². The van der Waals surface area contributed by atoms with Crippen LogP contribution in [0.2, 0.25) is 0 Å². The molecule has 0 spiro atoms. The number of hydrogen-bond acceptors (Lipinski definition) is 1. The normalized spacial score (nSPS) is 17.2. The van der Waals surface area contributed by atoms with Crippen LogP contribution >= 0.6 is 15.9 Å². The van der Waals surface area contributed by atoms with Crippen LogP contribution in [0.5, 0.6) is 0 Å². The van der Waals surface area contributed by atoms with E-state index in [-0.39, 0.29) is 5.82 Å². The van der Waals surface area contributed by atoms with Crippen molar-refractivity contribution in [3.05, 3.63) is 34.1 Å². The quantitative estimate of drug-likeness (QED) is 0.816. The van der Waals surface area contributed by atoms with Gasteiger partial charge >= 0.3 is 0 Å². The summed E-state index contributed by atoms with van der Waals surface area (Å²) >= 11 is 3.37. The van der Waals surface area contributed by atoms with Crippen LogP contribution in [0, 0.1) is 5.82 Å². The van der Waals surface area contributed by atoms with Crippen LogP contribution < -0.4 is 0 Å². The summed E-state index contributed by atoms with van der Waals surface area (Å²) in [6.45, 7) is 3.33. The van der Waals surface area contributed by atoms with E-state index in [0.29, 0.717) is 0 Å². The minimum Gasteiger partial charge on any atom is -0.303 e. The van der Waals surface area contributed by atoms with E-state index in [2.05, 4.69) is 20.8 Å². The van der Waals surface area contributed by atoms with E-state index in [1.165, 1.54) is 32.0 Å². The Balaban J connectivity index is 1.94. The van der Waals surface area contributed by atoms with Crippen molar-refractivity contribution in [1.29, 1.82) is 0 Å². The SMILES string of the molecule is Fc1ccc(Br)cc1CCN1CCCC1. The Morgan fingerprint density at radius 3 is 2.73 bits per heavy atom. The van der Waals surface area contributed by atoms with Gasteiger partial charge in [-0.25, -0.2) is 4.39 Å². The molecule has 1 saturated heterocycles. The highest BCUT2D eigenvalue weighted by Gasteiger charge is 2.12. The van der Waals surface area contributed by atoms with E-state index in [0.717, 1.165) is 23.0 Å². The third kappa shape index (κ3) is 3.02. The lowest BCUT2D eigenvalue weighted by atomic mass is 10.1. The maximum atomic E-state index is 13.4. The van der Waals surface area contributed by atoms with Gasteiger partial charge < -0.3 is 4.90 Å². The van der Waals surface area contributed by atoms with E-state index >= 15 is 0 Å². The molecule has 1 aliphatic rings. The Kier molecular flexibility index (Phi) is 3.76. The molecule has 0 aliphatic carbocycles. The van der Waals surface area contributed by atoms with Gasteiger partial charge in [-0.2, -0.15) is 0 Å². The van der Waals surface area contributed by atoms with Gasteiger partial charge in [-0.15, -0.1) is 0 Å². The third-order valence-corrected chi connectivity index (χ3v) is 3.40. The molecule has 0 bridgehead atoms. The van der Waals surface area contributed by atoms with Crippen LogP contribution in [0.3, 0.4) is 0 Å². The topological polar surface area (TPSA) is 3.24 Å². The second-order valence-corrected chi connectivity index (χ2v) is 4.95. The van der Waals surface area contributed by atoms with Crippen molar-refractivity contribution < 1.29 is 4.39 Å². The van der Waals surface area contributed by atoms with Gasteiger partial charge in [0.15, 0.2) is 0 Å². The fraction of sp³-hybridized carbons (Fsp3) is 0.500. The molecule has 1 heterocycles. The highest BCUT2D eigenvalue weighted by atomic mass is 79.9. The minimum absolute atomic E-state index is 0.0857.